The lowest BCUT2D eigenvalue weighted by Gasteiger charge is -2.26. The second-order valence-electron chi connectivity index (χ2n) is 7.04. The molecule has 1 fully saturated rings. The molecule has 0 aromatic heterocycles. The molecule has 1 aliphatic heterocycles. The maximum Gasteiger partial charge on any atom is 0.120 e. The van der Waals surface area contributed by atoms with E-state index in [1.54, 1.807) is 11.8 Å². The fraction of sp³-hybridized carbons (Fsp3) is 0.348. The molecule has 0 atom stereocenters. The fourth-order valence-electron chi connectivity index (χ4n) is 3.27. The third-order valence-electron chi connectivity index (χ3n) is 5.00. The summed E-state index contributed by atoms with van der Waals surface area (Å²) in [7, 11) is 2.01. The molecule has 1 aliphatic rings. The van der Waals surface area contributed by atoms with Crippen LogP contribution in [-0.2, 0) is 4.74 Å². The first-order valence-electron chi connectivity index (χ1n) is 9.99. The van der Waals surface area contributed by atoms with Crippen molar-refractivity contribution >= 4 is 35.6 Å². The summed E-state index contributed by atoms with van der Waals surface area (Å²) in [5.74, 6) is 0.884. The van der Waals surface area contributed by atoms with Crippen molar-refractivity contribution in [1.82, 2.24) is 4.90 Å². The SMILES string of the molecule is C=N/C(=C\N(C)c1ccc(OCCN2CCOCC2)cc1SC)c1ccc(N)cc1. The lowest BCUT2D eigenvalue weighted by atomic mass is 10.1. The largest absolute Gasteiger partial charge is 0.492 e. The van der Waals surface area contributed by atoms with E-state index >= 15 is 0 Å². The summed E-state index contributed by atoms with van der Waals surface area (Å²) in [6, 6.07) is 13.8. The van der Waals surface area contributed by atoms with E-state index in [-0.39, 0.29) is 0 Å². The molecule has 3 rings (SSSR count). The molecular weight excluding hydrogens is 396 g/mol. The van der Waals surface area contributed by atoms with Crippen LogP contribution in [0.3, 0.4) is 0 Å². The second kappa shape index (κ2) is 11.1. The van der Waals surface area contributed by atoms with Crippen LogP contribution in [0.15, 0.2) is 58.6 Å². The van der Waals surface area contributed by atoms with Crippen LogP contribution < -0.4 is 15.4 Å². The Balaban J connectivity index is 1.68. The third kappa shape index (κ3) is 6.01. The predicted molar refractivity (Wildman–Crippen MR) is 128 cm³/mol. The van der Waals surface area contributed by atoms with E-state index in [4.69, 9.17) is 15.2 Å². The van der Waals surface area contributed by atoms with Gasteiger partial charge in [-0.15, -0.1) is 11.8 Å². The van der Waals surface area contributed by atoms with Crippen LogP contribution in [-0.4, -0.2) is 64.4 Å². The minimum atomic E-state index is 0.671. The highest BCUT2D eigenvalue weighted by molar-refractivity contribution is 7.98. The molecule has 2 aromatic rings. The Kier molecular flexibility index (Phi) is 8.19. The summed E-state index contributed by atoms with van der Waals surface area (Å²) < 4.78 is 11.4. The van der Waals surface area contributed by atoms with Gasteiger partial charge >= 0.3 is 0 Å². The molecule has 30 heavy (non-hydrogen) atoms. The van der Waals surface area contributed by atoms with Gasteiger partial charge in [-0.3, -0.25) is 9.89 Å². The van der Waals surface area contributed by atoms with E-state index in [1.165, 1.54) is 0 Å². The fourth-order valence-corrected chi connectivity index (χ4v) is 3.93. The Labute approximate surface area is 183 Å². The Hall–Kier alpha value is -2.48. The van der Waals surface area contributed by atoms with Gasteiger partial charge in [-0.25, -0.2) is 0 Å². The summed E-state index contributed by atoms with van der Waals surface area (Å²) in [4.78, 5) is 9.76. The van der Waals surface area contributed by atoms with Gasteiger partial charge in [0.15, 0.2) is 0 Å². The Morgan fingerprint density at radius 2 is 2.00 bits per heavy atom. The van der Waals surface area contributed by atoms with E-state index in [2.05, 4.69) is 39.9 Å². The Morgan fingerprint density at radius 1 is 1.27 bits per heavy atom. The third-order valence-corrected chi connectivity index (χ3v) is 5.77. The highest BCUT2D eigenvalue weighted by Crippen LogP contribution is 2.33. The molecule has 2 N–H and O–H groups in total. The zero-order valence-corrected chi connectivity index (χ0v) is 18.5. The molecule has 1 heterocycles. The standard InChI is InChI=1S/C23H30N4O2S/c1-25-21(18-4-6-19(24)7-5-18)17-26(2)22-9-8-20(16-23(22)30-3)29-15-12-27-10-13-28-14-11-27/h4-9,16-17H,1,10-15,24H2,2-3H3/b21-17-. The van der Waals surface area contributed by atoms with Gasteiger partial charge < -0.3 is 20.1 Å². The zero-order valence-electron chi connectivity index (χ0n) is 17.7. The van der Waals surface area contributed by atoms with Crippen LogP contribution in [0, 0.1) is 0 Å². The number of thioether (sulfide) groups is 1. The van der Waals surface area contributed by atoms with Crippen LogP contribution in [0.1, 0.15) is 5.56 Å². The summed E-state index contributed by atoms with van der Waals surface area (Å²) in [5.41, 5.74) is 9.36. The molecule has 0 spiro atoms. The molecule has 0 saturated carbocycles. The summed E-state index contributed by atoms with van der Waals surface area (Å²) in [6.45, 7) is 8.88. The Bertz CT molecular complexity index is 864. The first kappa shape index (κ1) is 22.2. The molecule has 160 valence electrons. The summed E-state index contributed by atoms with van der Waals surface area (Å²) in [6.07, 6.45) is 4.05. The van der Waals surface area contributed by atoms with Crippen molar-refractivity contribution in [3.63, 3.8) is 0 Å². The van der Waals surface area contributed by atoms with Crippen LogP contribution in [0.25, 0.3) is 5.70 Å². The number of benzene rings is 2. The second-order valence-corrected chi connectivity index (χ2v) is 7.89. The summed E-state index contributed by atoms with van der Waals surface area (Å²) >= 11 is 1.69. The number of ether oxygens (including phenoxy) is 2. The van der Waals surface area contributed by atoms with E-state index in [1.807, 2.05) is 43.6 Å². The highest BCUT2D eigenvalue weighted by Gasteiger charge is 2.12. The number of morpholine rings is 1. The first-order valence-corrected chi connectivity index (χ1v) is 11.2. The number of hydrogen-bond donors (Lipinski definition) is 1. The van der Waals surface area contributed by atoms with Crippen LogP contribution in [0.5, 0.6) is 5.75 Å². The van der Waals surface area contributed by atoms with Crippen molar-refractivity contribution in [3.8, 4) is 5.75 Å². The topological polar surface area (TPSA) is 63.3 Å². The van der Waals surface area contributed by atoms with Gasteiger partial charge in [-0.1, -0.05) is 12.1 Å². The average Bonchev–Trinajstić information content (AvgIpc) is 2.78. The smallest absolute Gasteiger partial charge is 0.120 e. The number of rotatable bonds is 9. The van der Waals surface area contributed by atoms with Gasteiger partial charge in [0, 0.05) is 49.0 Å². The molecule has 0 bridgehead atoms. The van der Waals surface area contributed by atoms with Crippen LogP contribution in [0.4, 0.5) is 11.4 Å². The monoisotopic (exact) mass is 426 g/mol. The van der Waals surface area contributed by atoms with Crippen molar-refractivity contribution in [1.29, 1.82) is 0 Å². The maximum absolute atomic E-state index is 6.00. The number of nitrogen functional groups attached to an aromatic ring is 1. The normalized spacial score (nSPS) is 15.1. The predicted octanol–water partition coefficient (Wildman–Crippen LogP) is 3.84. The van der Waals surface area contributed by atoms with Crippen molar-refractivity contribution in [3.05, 3.63) is 54.2 Å². The Morgan fingerprint density at radius 3 is 2.67 bits per heavy atom. The van der Waals surface area contributed by atoms with E-state index in [9.17, 15) is 0 Å². The van der Waals surface area contributed by atoms with E-state index < -0.39 is 0 Å². The molecule has 0 amide bonds. The van der Waals surface area contributed by atoms with Crippen molar-refractivity contribution in [2.45, 2.75) is 4.90 Å². The molecule has 0 unspecified atom stereocenters. The lowest BCUT2D eigenvalue weighted by Crippen LogP contribution is -2.38. The summed E-state index contributed by atoms with van der Waals surface area (Å²) in [5, 5.41) is 0. The number of nitrogens with two attached hydrogens (primary N) is 1. The average molecular weight is 427 g/mol. The van der Waals surface area contributed by atoms with Gasteiger partial charge in [-0.2, -0.15) is 0 Å². The molecule has 7 heteroatoms. The first-order chi connectivity index (χ1) is 14.6. The maximum atomic E-state index is 6.00. The molecule has 2 aromatic carbocycles. The number of hydrogen-bond acceptors (Lipinski definition) is 7. The lowest BCUT2D eigenvalue weighted by molar-refractivity contribution is 0.0322. The van der Waals surface area contributed by atoms with Gasteiger partial charge in [0.05, 0.1) is 24.6 Å². The van der Waals surface area contributed by atoms with Gasteiger partial charge in [-0.05, 0) is 43.3 Å². The van der Waals surface area contributed by atoms with Crippen LogP contribution in [0.2, 0.25) is 0 Å². The number of nitrogens with zero attached hydrogens (tertiary/aromatic N) is 3. The molecule has 0 aliphatic carbocycles. The quantitative estimate of drug-likeness (QED) is 0.373. The molecule has 0 radical (unpaired) electrons. The zero-order chi connectivity index (χ0) is 21.3. The minimum absolute atomic E-state index is 0.671. The minimum Gasteiger partial charge on any atom is -0.492 e. The molecular formula is C23H30N4O2S. The van der Waals surface area contributed by atoms with Crippen molar-refractivity contribution in [2.75, 3.05) is 63.4 Å². The highest BCUT2D eigenvalue weighted by atomic mass is 32.2. The van der Waals surface area contributed by atoms with Gasteiger partial charge in [0.25, 0.3) is 0 Å². The van der Waals surface area contributed by atoms with Gasteiger partial charge in [0.1, 0.15) is 12.4 Å². The number of aliphatic imine (C=N–C) groups is 1. The van der Waals surface area contributed by atoms with Gasteiger partial charge in [0.2, 0.25) is 0 Å². The van der Waals surface area contributed by atoms with Crippen molar-refractivity contribution in [2.24, 2.45) is 4.99 Å². The van der Waals surface area contributed by atoms with Crippen LogP contribution >= 0.6 is 11.8 Å². The van der Waals surface area contributed by atoms with Crippen molar-refractivity contribution < 1.29 is 9.47 Å². The molecule has 6 nitrogen and oxygen atoms in total. The van der Waals surface area contributed by atoms with E-state index in [0.717, 1.165) is 66.1 Å². The van der Waals surface area contributed by atoms with E-state index in [0.29, 0.717) is 6.61 Å². The molecule has 1 saturated heterocycles. The number of anilines is 2.